The molecule has 0 N–H and O–H groups in total. The Morgan fingerprint density at radius 1 is 0.688 bits per heavy atom. The van der Waals surface area contributed by atoms with Crippen LogP contribution in [0.1, 0.15) is 77.0 Å². The van der Waals surface area contributed by atoms with Crippen LogP contribution in [-0.2, 0) is 4.79 Å². The van der Waals surface area contributed by atoms with Crippen molar-refractivity contribution in [3.05, 3.63) is 0 Å². The smallest absolute Gasteiger partial charge is 0.136 e. The zero-order chi connectivity index (χ0) is 11.2. The third-order valence-corrected chi connectivity index (χ3v) is 4.57. The highest BCUT2D eigenvalue weighted by atomic mass is 16.1. The number of hydrogen-bond donors (Lipinski definition) is 0. The summed E-state index contributed by atoms with van der Waals surface area (Å²) < 4.78 is 0. The van der Waals surface area contributed by atoms with E-state index < -0.39 is 0 Å². The fourth-order valence-electron chi connectivity index (χ4n) is 3.58. The molecule has 2 rings (SSSR count). The molecule has 0 heterocycles. The Balaban J connectivity index is 1.92. The normalized spacial score (nSPS) is 33.9. The van der Waals surface area contributed by atoms with Crippen molar-refractivity contribution in [1.29, 1.82) is 0 Å². The molecule has 2 saturated carbocycles. The molecular formula is C15H26O. The second-order valence-corrected chi connectivity index (χ2v) is 5.78. The predicted molar refractivity (Wildman–Crippen MR) is 67.4 cm³/mol. The second kappa shape index (κ2) is 6.42. The summed E-state index contributed by atoms with van der Waals surface area (Å²) in [6.45, 7) is 0. The summed E-state index contributed by atoms with van der Waals surface area (Å²) in [7, 11) is 0. The lowest BCUT2D eigenvalue weighted by molar-refractivity contribution is -0.127. The summed E-state index contributed by atoms with van der Waals surface area (Å²) >= 11 is 0. The number of fused-ring (bicyclic) bond motifs is 1. The second-order valence-electron chi connectivity index (χ2n) is 5.78. The zero-order valence-electron chi connectivity index (χ0n) is 10.5. The fraction of sp³-hybridized carbons (Fsp3) is 0.933. The van der Waals surface area contributed by atoms with Gasteiger partial charge in [-0.2, -0.15) is 0 Å². The first-order valence-corrected chi connectivity index (χ1v) is 7.40. The Labute approximate surface area is 100.0 Å². The van der Waals surface area contributed by atoms with E-state index in [1.807, 2.05) is 0 Å². The SMILES string of the molecule is O=C1CCCC2CCCCCCCCCC12. The molecule has 0 amide bonds. The maximum Gasteiger partial charge on any atom is 0.136 e. The highest BCUT2D eigenvalue weighted by Gasteiger charge is 2.30. The van der Waals surface area contributed by atoms with Crippen molar-refractivity contribution in [2.24, 2.45) is 11.8 Å². The van der Waals surface area contributed by atoms with Crippen LogP contribution < -0.4 is 0 Å². The first-order valence-electron chi connectivity index (χ1n) is 7.40. The first kappa shape index (κ1) is 12.1. The molecule has 0 aromatic rings. The maximum absolute atomic E-state index is 12.0. The van der Waals surface area contributed by atoms with Crippen molar-refractivity contribution in [2.45, 2.75) is 77.0 Å². The minimum atomic E-state index is 0.451. The molecule has 0 bridgehead atoms. The van der Waals surface area contributed by atoms with E-state index in [9.17, 15) is 4.79 Å². The topological polar surface area (TPSA) is 17.1 Å². The Hall–Kier alpha value is -0.330. The fourth-order valence-corrected chi connectivity index (χ4v) is 3.58. The van der Waals surface area contributed by atoms with Crippen LogP contribution in [-0.4, -0.2) is 5.78 Å². The molecule has 16 heavy (non-hydrogen) atoms. The van der Waals surface area contributed by atoms with Crippen LogP contribution in [0.2, 0.25) is 0 Å². The van der Waals surface area contributed by atoms with E-state index in [1.165, 1.54) is 70.6 Å². The van der Waals surface area contributed by atoms with E-state index in [-0.39, 0.29) is 0 Å². The van der Waals surface area contributed by atoms with Gasteiger partial charge in [0.1, 0.15) is 5.78 Å². The van der Waals surface area contributed by atoms with Gasteiger partial charge in [-0.05, 0) is 31.6 Å². The average molecular weight is 222 g/mol. The number of Topliss-reactive ketones (excluding diaryl/α,β-unsaturated/α-hetero) is 1. The highest BCUT2D eigenvalue weighted by Crippen LogP contribution is 2.35. The Morgan fingerprint density at radius 3 is 2.00 bits per heavy atom. The molecule has 1 heteroatoms. The number of carbonyl (C=O) groups excluding carboxylic acids is 1. The average Bonchev–Trinajstić information content (AvgIpc) is 2.34. The van der Waals surface area contributed by atoms with Crippen LogP contribution in [0.3, 0.4) is 0 Å². The summed E-state index contributed by atoms with van der Waals surface area (Å²) in [6, 6.07) is 0. The first-order chi connectivity index (χ1) is 7.88. The summed E-state index contributed by atoms with van der Waals surface area (Å²) in [6.07, 6.45) is 15.6. The lowest BCUT2D eigenvalue weighted by Crippen LogP contribution is -2.28. The van der Waals surface area contributed by atoms with Gasteiger partial charge in [0, 0.05) is 12.3 Å². The Morgan fingerprint density at radius 2 is 1.25 bits per heavy atom. The van der Waals surface area contributed by atoms with Crippen molar-refractivity contribution in [1.82, 2.24) is 0 Å². The molecule has 2 aliphatic carbocycles. The van der Waals surface area contributed by atoms with E-state index >= 15 is 0 Å². The summed E-state index contributed by atoms with van der Waals surface area (Å²) in [4.78, 5) is 12.0. The van der Waals surface area contributed by atoms with Crippen molar-refractivity contribution in [3.63, 3.8) is 0 Å². The molecule has 0 aliphatic heterocycles. The van der Waals surface area contributed by atoms with Crippen molar-refractivity contribution in [3.8, 4) is 0 Å². The van der Waals surface area contributed by atoms with Gasteiger partial charge < -0.3 is 0 Å². The van der Waals surface area contributed by atoms with Gasteiger partial charge in [-0.15, -0.1) is 0 Å². The summed E-state index contributed by atoms with van der Waals surface area (Å²) in [5, 5.41) is 0. The van der Waals surface area contributed by atoms with E-state index in [0.717, 1.165) is 12.3 Å². The van der Waals surface area contributed by atoms with Gasteiger partial charge >= 0.3 is 0 Å². The molecule has 0 aromatic heterocycles. The molecule has 2 fully saturated rings. The van der Waals surface area contributed by atoms with Gasteiger partial charge in [0.2, 0.25) is 0 Å². The van der Waals surface area contributed by atoms with Gasteiger partial charge in [-0.3, -0.25) is 4.79 Å². The van der Waals surface area contributed by atoms with Gasteiger partial charge in [-0.1, -0.05) is 44.9 Å². The van der Waals surface area contributed by atoms with Crippen LogP contribution in [0, 0.1) is 11.8 Å². The molecule has 2 aliphatic rings. The Bertz CT molecular complexity index is 221. The van der Waals surface area contributed by atoms with Crippen LogP contribution >= 0.6 is 0 Å². The maximum atomic E-state index is 12.0. The molecule has 2 unspecified atom stereocenters. The lowest BCUT2D eigenvalue weighted by atomic mass is 9.74. The van der Waals surface area contributed by atoms with Crippen LogP contribution in [0.25, 0.3) is 0 Å². The number of hydrogen-bond acceptors (Lipinski definition) is 1. The van der Waals surface area contributed by atoms with Gasteiger partial charge in [0.25, 0.3) is 0 Å². The van der Waals surface area contributed by atoms with Crippen LogP contribution in [0.5, 0.6) is 0 Å². The van der Waals surface area contributed by atoms with Crippen molar-refractivity contribution < 1.29 is 4.79 Å². The number of ketones is 1. The minimum Gasteiger partial charge on any atom is -0.299 e. The molecular weight excluding hydrogens is 196 g/mol. The standard InChI is InChI=1S/C15H26O/c16-15-12-8-10-13-9-6-4-2-1-3-5-7-11-14(13)15/h13-14H,1-12H2. The molecule has 1 nitrogen and oxygen atoms in total. The van der Waals surface area contributed by atoms with Crippen LogP contribution in [0.4, 0.5) is 0 Å². The molecule has 2 atom stereocenters. The highest BCUT2D eigenvalue weighted by molar-refractivity contribution is 5.81. The minimum absolute atomic E-state index is 0.451. The lowest BCUT2D eigenvalue weighted by Gasteiger charge is -2.30. The largest absolute Gasteiger partial charge is 0.299 e. The summed E-state index contributed by atoms with van der Waals surface area (Å²) in [5.74, 6) is 1.79. The van der Waals surface area contributed by atoms with Gasteiger partial charge in [0.15, 0.2) is 0 Å². The quantitative estimate of drug-likeness (QED) is 0.590. The molecule has 0 radical (unpaired) electrons. The third kappa shape index (κ3) is 3.33. The van der Waals surface area contributed by atoms with Gasteiger partial charge in [0.05, 0.1) is 0 Å². The van der Waals surface area contributed by atoms with E-state index in [2.05, 4.69) is 0 Å². The van der Waals surface area contributed by atoms with Crippen molar-refractivity contribution >= 4 is 5.78 Å². The van der Waals surface area contributed by atoms with Crippen molar-refractivity contribution in [2.75, 3.05) is 0 Å². The van der Waals surface area contributed by atoms with Crippen LogP contribution in [0.15, 0.2) is 0 Å². The zero-order valence-corrected chi connectivity index (χ0v) is 10.5. The van der Waals surface area contributed by atoms with E-state index in [4.69, 9.17) is 0 Å². The van der Waals surface area contributed by atoms with Gasteiger partial charge in [-0.25, -0.2) is 0 Å². The predicted octanol–water partition coefficient (Wildman–Crippen LogP) is 4.50. The molecule has 92 valence electrons. The monoisotopic (exact) mass is 222 g/mol. The molecule has 0 spiro atoms. The van der Waals surface area contributed by atoms with E-state index in [1.54, 1.807) is 0 Å². The third-order valence-electron chi connectivity index (χ3n) is 4.57. The van der Waals surface area contributed by atoms with E-state index in [0.29, 0.717) is 11.7 Å². The number of rotatable bonds is 0. The molecule has 0 aromatic carbocycles. The summed E-state index contributed by atoms with van der Waals surface area (Å²) in [5.41, 5.74) is 0. The molecule has 0 saturated heterocycles. The Kier molecular flexibility index (Phi) is 4.87. The number of carbonyl (C=O) groups is 1.